The number of carboxylic acid groups (broad SMARTS) is 1. The molecule has 1 heterocycles. The van der Waals surface area contributed by atoms with Gasteiger partial charge in [0.25, 0.3) is 0 Å². The summed E-state index contributed by atoms with van der Waals surface area (Å²) in [7, 11) is 0. The second-order valence-electron chi connectivity index (χ2n) is 4.50. The third-order valence-corrected chi connectivity index (χ3v) is 1.79. The normalized spacial score (nSPS) is 13.2. The van der Waals surface area contributed by atoms with E-state index in [1.165, 1.54) is 12.5 Å². The number of nitrogens with two attached hydrogens (primary N) is 1. The highest BCUT2D eigenvalue weighted by atomic mass is 16.6. The summed E-state index contributed by atoms with van der Waals surface area (Å²) in [6.45, 7) is 5.18. The third-order valence-electron chi connectivity index (χ3n) is 1.79. The van der Waals surface area contributed by atoms with Crippen LogP contribution in [0.15, 0.2) is 12.5 Å². The molecular weight excluding hydrogens is 226 g/mol. The number of hydrogen-bond acceptors (Lipinski definition) is 5. The first kappa shape index (κ1) is 13.2. The minimum Gasteiger partial charge on any atom is -0.480 e. The van der Waals surface area contributed by atoms with Gasteiger partial charge in [0, 0.05) is 6.20 Å². The zero-order chi connectivity index (χ0) is 13.2. The van der Waals surface area contributed by atoms with Gasteiger partial charge in [0.2, 0.25) is 0 Å². The summed E-state index contributed by atoms with van der Waals surface area (Å²) in [5.41, 5.74) is 4.82. The summed E-state index contributed by atoms with van der Waals surface area (Å²) in [6.07, 6.45) is 1.79. The monoisotopic (exact) mass is 241 g/mol. The molecule has 1 unspecified atom stereocenters. The summed E-state index contributed by atoms with van der Waals surface area (Å²) in [5.74, 6) is -1.21. The van der Waals surface area contributed by atoms with E-state index in [4.69, 9.17) is 15.6 Å². The van der Waals surface area contributed by atoms with Gasteiger partial charge < -0.3 is 15.6 Å². The largest absolute Gasteiger partial charge is 0.480 e. The van der Waals surface area contributed by atoms with Crippen molar-refractivity contribution in [2.24, 2.45) is 5.73 Å². The third kappa shape index (κ3) is 3.56. The van der Waals surface area contributed by atoms with Crippen LogP contribution in [0, 0.1) is 0 Å². The molecule has 1 atom stereocenters. The fourth-order valence-corrected chi connectivity index (χ4v) is 1.04. The van der Waals surface area contributed by atoms with Crippen LogP contribution in [0.2, 0.25) is 0 Å². The van der Waals surface area contributed by atoms with Crippen LogP contribution >= 0.6 is 0 Å². The van der Waals surface area contributed by atoms with E-state index in [1.807, 2.05) is 0 Å². The summed E-state index contributed by atoms with van der Waals surface area (Å²) >= 11 is 0. The summed E-state index contributed by atoms with van der Waals surface area (Å²) in [6, 6.07) is -1.25. The molecule has 1 aromatic rings. The molecule has 0 saturated heterocycles. The highest BCUT2D eigenvalue weighted by molar-refractivity contribution is 5.75. The first-order valence-electron chi connectivity index (χ1n) is 4.96. The SMILES string of the molecule is CC(C)(C)OC(=O)n1cnc(C(N)C(=O)O)c1. The molecule has 0 aromatic carbocycles. The van der Waals surface area contributed by atoms with Crippen LogP contribution in [0.3, 0.4) is 0 Å². The van der Waals surface area contributed by atoms with E-state index in [0.29, 0.717) is 0 Å². The average molecular weight is 241 g/mol. The highest BCUT2D eigenvalue weighted by Gasteiger charge is 2.21. The maximum absolute atomic E-state index is 11.6. The van der Waals surface area contributed by atoms with Gasteiger partial charge in [-0.2, -0.15) is 0 Å². The molecule has 94 valence electrons. The minimum absolute atomic E-state index is 0.100. The minimum atomic E-state index is -1.25. The second-order valence-corrected chi connectivity index (χ2v) is 4.50. The number of imidazole rings is 1. The predicted molar refractivity (Wildman–Crippen MR) is 58.4 cm³/mol. The molecule has 17 heavy (non-hydrogen) atoms. The van der Waals surface area contributed by atoms with E-state index < -0.39 is 23.7 Å². The Labute approximate surface area is 98.2 Å². The Morgan fingerprint density at radius 1 is 1.53 bits per heavy atom. The van der Waals surface area contributed by atoms with Gasteiger partial charge in [0.05, 0.1) is 5.69 Å². The zero-order valence-electron chi connectivity index (χ0n) is 9.88. The molecule has 0 amide bonds. The van der Waals surface area contributed by atoms with Gasteiger partial charge in [0.15, 0.2) is 0 Å². The molecular formula is C10H15N3O4. The topological polar surface area (TPSA) is 107 Å². The van der Waals surface area contributed by atoms with Crippen LogP contribution in [-0.2, 0) is 9.53 Å². The number of nitrogens with zero attached hydrogens (tertiary/aromatic N) is 2. The van der Waals surface area contributed by atoms with E-state index >= 15 is 0 Å². The zero-order valence-corrected chi connectivity index (χ0v) is 9.88. The number of rotatable bonds is 2. The number of ether oxygens (including phenoxy) is 1. The van der Waals surface area contributed by atoms with Crippen LogP contribution in [0.25, 0.3) is 0 Å². The molecule has 7 heteroatoms. The van der Waals surface area contributed by atoms with Gasteiger partial charge in [-0.1, -0.05) is 0 Å². The number of hydrogen-bond donors (Lipinski definition) is 2. The van der Waals surface area contributed by atoms with E-state index in [-0.39, 0.29) is 5.69 Å². The molecule has 3 N–H and O–H groups in total. The Kier molecular flexibility index (Phi) is 3.52. The number of carbonyl (C=O) groups excluding carboxylic acids is 1. The van der Waals surface area contributed by atoms with Gasteiger partial charge in [-0.05, 0) is 20.8 Å². The number of carboxylic acids is 1. The number of aliphatic carboxylic acids is 1. The maximum Gasteiger partial charge on any atom is 0.419 e. The van der Waals surface area contributed by atoms with E-state index in [2.05, 4.69) is 4.98 Å². The molecule has 0 saturated carbocycles. The van der Waals surface area contributed by atoms with Crippen LogP contribution in [0.4, 0.5) is 4.79 Å². The van der Waals surface area contributed by atoms with E-state index in [1.54, 1.807) is 20.8 Å². The lowest BCUT2D eigenvalue weighted by molar-refractivity contribution is -0.138. The van der Waals surface area contributed by atoms with Crippen molar-refractivity contribution in [2.75, 3.05) is 0 Å². The lowest BCUT2D eigenvalue weighted by Gasteiger charge is -2.19. The van der Waals surface area contributed by atoms with E-state index in [0.717, 1.165) is 4.57 Å². The molecule has 0 aliphatic carbocycles. The van der Waals surface area contributed by atoms with Crippen molar-refractivity contribution in [3.63, 3.8) is 0 Å². The smallest absolute Gasteiger partial charge is 0.419 e. The first-order valence-corrected chi connectivity index (χ1v) is 4.96. The molecule has 0 aliphatic rings. The highest BCUT2D eigenvalue weighted by Crippen LogP contribution is 2.11. The van der Waals surface area contributed by atoms with Crippen LogP contribution < -0.4 is 5.73 Å². The quantitative estimate of drug-likeness (QED) is 0.791. The Balaban J connectivity index is 2.81. The van der Waals surface area contributed by atoms with Crippen LogP contribution in [0.1, 0.15) is 32.5 Å². The lowest BCUT2D eigenvalue weighted by atomic mass is 10.2. The standard InChI is InChI=1S/C10H15N3O4/c1-10(2,3)17-9(16)13-4-6(12-5-13)7(11)8(14)15/h4-5,7H,11H2,1-3H3,(H,14,15). The summed E-state index contributed by atoms with van der Waals surface area (Å²) < 4.78 is 6.13. The Morgan fingerprint density at radius 2 is 2.12 bits per heavy atom. The average Bonchev–Trinajstić information content (AvgIpc) is 2.62. The van der Waals surface area contributed by atoms with Crippen molar-refractivity contribution in [3.05, 3.63) is 18.2 Å². The van der Waals surface area contributed by atoms with Crippen molar-refractivity contribution in [3.8, 4) is 0 Å². The fourth-order valence-electron chi connectivity index (χ4n) is 1.04. The summed E-state index contributed by atoms with van der Waals surface area (Å²) in [4.78, 5) is 25.9. The van der Waals surface area contributed by atoms with Crippen molar-refractivity contribution >= 4 is 12.1 Å². The molecule has 1 aromatic heterocycles. The molecule has 0 radical (unpaired) electrons. The number of carbonyl (C=O) groups is 2. The molecule has 0 bridgehead atoms. The summed E-state index contributed by atoms with van der Waals surface area (Å²) in [5, 5.41) is 8.68. The first-order chi connectivity index (χ1) is 7.70. The molecule has 0 fully saturated rings. The molecule has 0 aliphatic heterocycles. The Bertz CT molecular complexity index is 433. The maximum atomic E-state index is 11.6. The van der Waals surface area contributed by atoms with Crippen molar-refractivity contribution in [2.45, 2.75) is 32.4 Å². The van der Waals surface area contributed by atoms with Gasteiger partial charge in [-0.15, -0.1) is 0 Å². The Hall–Kier alpha value is -1.89. The van der Waals surface area contributed by atoms with Gasteiger partial charge >= 0.3 is 12.1 Å². The van der Waals surface area contributed by atoms with E-state index in [9.17, 15) is 9.59 Å². The molecule has 7 nitrogen and oxygen atoms in total. The van der Waals surface area contributed by atoms with Gasteiger partial charge in [0.1, 0.15) is 18.0 Å². The van der Waals surface area contributed by atoms with Crippen molar-refractivity contribution in [1.82, 2.24) is 9.55 Å². The van der Waals surface area contributed by atoms with Gasteiger partial charge in [-0.25, -0.2) is 14.3 Å². The second kappa shape index (κ2) is 4.54. The lowest BCUT2D eigenvalue weighted by Crippen LogP contribution is -2.26. The van der Waals surface area contributed by atoms with Crippen molar-refractivity contribution < 1.29 is 19.4 Å². The molecule has 0 spiro atoms. The van der Waals surface area contributed by atoms with Gasteiger partial charge in [-0.3, -0.25) is 4.79 Å². The molecule has 1 rings (SSSR count). The van der Waals surface area contributed by atoms with Crippen LogP contribution in [-0.4, -0.2) is 32.3 Å². The fraction of sp³-hybridized carbons (Fsp3) is 0.500. The number of aromatic nitrogens is 2. The Morgan fingerprint density at radius 3 is 2.59 bits per heavy atom. The van der Waals surface area contributed by atoms with Crippen molar-refractivity contribution in [1.29, 1.82) is 0 Å². The van der Waals surface area contributed by atoms with Crippen LogP contribution in [0.5, 0.6) is 0 Å². The predicted octanol–water partition coefficient (Wildman–Crippen LogP) is 0.751.